The van der Waals surface area contributed by atoms with Crippen LogP contribution in [0.4, 0.5) is 5.82 Å². The molecular weight excluding hydrogens is 371 g/mol. The fourth-order valence-electron chi connectivity index (χ4n) is 2.01. The number of thioether (sulfide) groups is 1. The number of carbonyl (C=O) groups is 1. The predicted molar refractivity (Wildman–Crippen MR) is 93.9 cm³/mol. The molecule has 0 aliphatic carbocycles. The Morgan fingerprint density at radius 2 is 2.08 bits per heavy atom. The number of halogens is 2. The zero-order valence-corrected chi connectivity index (χ0v) is 15.1. The lowest BCUT2D eigenvalue weighted by molar-refractivity contribution is -0.113. The van der Waals surface area contributed by atoms with Crippen molar-refractivity contribution >= 4 is 52.5 Å². The van der Waals surface area contributed by atoms with Gasteiger partial charge >= 0.3 is 0 Å². The molecular formula is C14H12Cl2N6OS. The molecule has 3 aromatic rings. The molecule has 3 rings (SSSR count). The third-order valence-electron chi connectivity index (χ3n) is 3.00. The number of pyridine rings is 1. The van der Waals surface area contributed by atoms with Crippen LogP contribution in [0.15, 0.2) is 23.5 Å². The number of anilines is 1. The minimum absolute atomic E-state index is 0.121. The molecule has 1 amide bonds. The van der Waals surface area contributed by atoms with E-state index in [2.05, 4.69) is 25.4 Å². The third kappa shape index (κ3) is 3.77. The van der Waals surface area contributed by atoms with Gasteiger partial charge < -0.3 is 5.32 Å². The highest BCUT2D eigenvalue weighted by atomic mass is 35.5. The average molecular weight is 383 g/mol. The van der Waals surface area contributed by atoms with Gasteiger partial charge in [-0.1, -0.05) is 35.0 Å². The molecule has 0 spiro atoms. The van der Waals surface area contributed by atoms with Crippen LogP contribution in [0.2, 0.25) is 10.0 Å². The second kappa shape index (κ2) is 6.92. The normalized spacial score (nSPS) is 11.0. The highest BCUT2D eigenvalue weighted by Crippen LogP contribution is 2.23. The molecule has 0 aliphatic rings. The number of nitrogens with zero attached hydrogens (tertiary/aromatic N) is 5. The van der Waals surface area contributed by atoms with E-state index >= 15 is 0 Å². The first-order chi connectivity index (χ1) is 11.4. The Balaban J connectivity index is 1.67. The molecule has 3 heterocycles. The second-order valence-electron chi connectivity index (χ2n) is 4.97. The van der Waals surface area contributed by atoms with Crippen molar-refractivity contribution < 1.29 is 4.79 Å². The van der Waals surface area contributed by atoms with Crippen molar-refractivity contribution in [1.29, 1.82) is 0 Å². The second-order valence-corrected chi connectivity index (χ2v) is 6.75. The number of aryl methyl sites for hydroxylation is 2. The number of amides is 1. The average Bonchev–Trinajstić information content (AvgIpc) is 2.91. The monoisotopic (exact) mass is 382 g/mol. The Morgan fingerprint density at radius 3 is 2.83 bits per heavy atom. The van der Waals surface area contributed by atoms with Crippen molar-refractivity contribution in [2.24, 2.45) is 0 Å². The fraction of sp³-hybridized carbons (Fsp3) is 0.214. The van der Waals surface area contributed by atoms with Crippen molar-refractivity contribution in [3.05, 3.63) is 39.8 Å². The van der Waals surface area contributed by atoms with E-state index in [4.69, 9.17) is 23.2 Å². The quantitative estimate of drug-likeness (QED) is 0.697. The van der Waals surface area contributed by atoms with Gasteiger partial charge in [0.15, 0.2) is 5.82 Å². The number of carbonyl (C=O) groups excluding carboxylic acids is 1. The molecule has 0 unspecified atom stereocenters. The van der Waals surface area contributed by atoms with E-state index in [9.17, 15) is 4.79 Å². The standard InChI is InChI=1S/C14H12Cl2N6OS/c1-7-3-8(2)22-13(18-7)20-14(21-22)24-6-11(23)19-12-10(16)4-9(15)5-17-12/h3-5H,6H2,1-2H3,(H,17,19,23). The summed E-state index contributed by atoms with van der Waals surface area (Å²) in [5.41, 5.74) is 1.79. The highest BCUT2D eigenvalue weighted by molar-refractivity contribution is 7.99. The SMILES string of the molecule is Cc1cc(C)n2nc(SCC(=O)Nc3ncc(Cl)cc3Cl)nc2n1. The smallest absolute Gasteiger partial charge is 0.253 e. The molecule has 0 bridgehead atoms. The van der Waals surface area contributed by atoms with Gasteiger partial charge in [0.1, 0.15) is 0 Å². The lowest BCUT2D eigenvalue weighted by atomic mass is 10.4. The molecule has 0 aromatic carbocycles. The van der Waals surface area contributed by atoms with Gasteiger partial charge in [-0.2, -0.15) is 4.98 Å². The van der Waals surface area contributed by atoms with Crippen LogP contribution in [-0.2, 0) is 4.79 Å². The molecule has 0 radical (unpaired) electrons. The number of fused-ring (bicyclic) bond motifs is 1. The van der Waals surface area contributed by atoms with E-state index < -0.39 is 0 Å². The van der Waals surface area contributed by atoms with E-state index in [1.54, 1.807) is 4.52 Å². The summed E-state index contributed by atoms with van der Waals surface area (Å²) in [4.78, 5) is 24.6. The largest absolute Gasteiger partial charge is 0.309 e. The van der Waals surface area contributed by atoms with Crippen LogP contribution in [0.3, 0.4) is 0 Å². The Labute approximate surface area is 151 Å². The molecule has 0 aliphatic heterocycles. The zero-order chi connectivity index (χ0) is 17.3. The van der Waals surface area contributed by atoms with Crippen LogP contribution >= 0.6 is 35.0 Å². The molecule has 124 valence electrons. The number of aromatic nitrogens is 5. The lowest BCUT2D eigenvalue weighted by Gasteiger charge is -2.05. The molecule has 7 nitrogen and oxygen atoms in total. The van der Waals surface area contributed by atoms with E-state index in [0.29, 0.717) is 16.0 Å². The van der Waals surface area contributed by atoms with Crippen molar-refractivity contribution in [3.8, 4) is 0 Å². The van der Waals surface area contributed by atoms with Crippen LogP contribution in [0, 0.1) is 13.8 Å². The molecule has 0 atom stereocenters. The molecule has 3 aromatic heterocycles. The van der Waals surface area contributed by atoms with Crippen molar-refractivity contribution in [2.45, 2.75) is 19.0 Å². The summed E-state index contributed by atoms with van der Waals surface area (Å²) in [5, 5.41) is 8.11. The van der Waals surface area contributed by atoms with Crippen molar-refractivity contribution in [2.75, 3.05) is 11.1 Å². The number of rotatable bonds is 4. The maximum Gasteiger partial charge on any atom is 0.253 e. The van der Waals surface area contributed by atoms with Gasteiger partial charge in [0.25, 0.3) is 5.78 Å². The third-order valence-corrected chi connectivity index (χ3v) is 4.33. The van der Waals surface area contributed by atoms with Crippen molar-refractivity contribution in [1.82, 2.24) is 24.6 Å². The van der Waals surface area contributed by atoms with E-state index in [-0.39, 0.29) is 22.5 Å². The summed E-state index contributed by atoms with van der Waals surface area (Å²) in [6.45, 7) is 3.82. The summed E-state index contributed by atoms with van der Waals surface area (Å²) >= 11 is 12.9. The van der Waals surface area contributed by atoms with Crippen LogP contribution in [0.25, 0.3) is 5.78 Å². The molecule has 1 N–H and O–H groups in total. The molecule has 0 saturated carbocycles. The van der Waals surface area contributed by atoms with Gasteiger partial charge in [-0.25, -0.2) is 14.5 Å². The number of hydrogen-bond donors (Lipinski definition) is 1. The maximum absolute atomic E-state index is 12.0. The van der Waals surface area contributed by atoms with Gasteiger partial charge in [0, 0.05) is 17.6 Å². The Kier molecular flexibility index (Phi) is 4.88. The van der Waals surface area contributed by atoms with Gasteiger partial charge in [-0.3, -0.25) is 4.79 Å². The van der Waals surface area contributed by atoms with Crippen LogP contribution < -0.4 is 5.32 Å². The zero-order valence-electron chi connectivity index (χ0n) is 12.7. The predicted octanol–water partition coefficient (Wildman–Crippen LogP) is 3.17. The fourth-order valence-corrected chi connectivity index (χ4v) is 3.06. The Hall–Kier alpha value is -1.90. The van der Waals surface area contributed by atoms with Crippen molar-refractivity contribution in [3.63, 3.8) is 0 Å². The van der Waals surface area contributed by atoms with Crippen LogP contribution in [0.5, 0.6) is 0 Å². The number of hydrogen-bond acceptors (Lipinski definition) is 6. The first-order valence-corrected chi connectivity index (χ1v) is 8.61. The van der Waals surface area contributed by atoms with E-state index in [1.807, 2.05) is 19.9 Å². The Morgan fingerprint density at radius 1 is 1.29 bits per heavy atom. The topological polar surface area (TPSA) is 85.1 Å². The Bertz CT molecular complexity index is 929. The van der Waals surface area contributed by atoms with Gasteiger partial charge in [0.2, 0.25) is 11.1 Å². The minimum atomic E-state index is -0.267. The summed E-state index contributed by atoms with van der Waals surface area (Å²) < 4.78 is 1.64. The summed E-state index contributed by atoms with van der Waals surface area (Å²) in [6, 6.07) is 3.43. The molecule has 0 saturated heterocycles. The van der Waals surface area contributed by atoms with Gasteiger partial charge in [0.05, 0.1) is 15.8 Å². The van der Waals surface area contributed by atoms with Gasteiger partial charge in [-0.15, -0.1) is 5.10 Å². The molecule has 24 heavy (non-hydrogen) atoms. The lowest BCUT2D eigenvalue weighted by Crippen LogP contribution is -2.15. The van der Waals surface area contributed by atoms with Crippen LogP contribution in [-0.4, -0.2) is 36.2 Å². The van der Waals surface area contributed by atoms with E-state index in [1.165, 1.54) is 24.0 Å². The first-order valence-electron chi connectivity index (χ1n) is 6.87. The highest BCUT2D eigenvalue weighted by Gasteiger charge is 2.12. The summed E-state index contributed by atoms with van der Waals surface area (Å²) in [6.07, 6.45) is 1.41. The summed E-state index contributed by atoms with van der Waals surface area (Å²) in [7, 11) is 0. The first kappa shape index (κ1) is 16.9. The maximum atomic E-state index is 12.0. The van der Waals surface area contributed by atoms with Crippen LogP contribution in [0.1, 0.15) is 11.4 Å². The van der Waals surface area contributed by atoms with Gasteiger partial charge in [-0.05, 0) is 26.0 Å². The summed E-state index contributed by atoms with van der Waals surface area (Å²) in [5.74, 6) is 0.632. The molecule has 0 fully saturated rings. The minimum Gasteiger partial charge on any atom is -0.309 e. The molecule has 10 heteroatoms. The van der Waals surface area contributed by atoms with E-state index in [0.717, 1.165) is 11.4 Å². The number of nitrogens with one attached hydrogen (secondary N) is 1.